The van der Waals surface area contributed by atoms with E-state index in [0.29, 0.717) is 5.92 Å². The molecule has 5 heteroatoms. The van der Waals surface area contributed by atoms with Crippen molar-refractivity contribution in [2.45, 2.75) is 38.6 Å². The lowest BCUT2D eigenvalue weighted by molar-refractivity contribution is -0.137. The van der Waals surface area contributed by atoms with Gasteiger partial charge in [0.15, 0.2) is 0 Å². The van der Waals surface area contributed by atoms with Crippen LogP contribution < -0.4 is 10.6 Å². The van der Waals surface area contributed by atoms with Crippen LogP contribution in [0.3, 0.4) is 0 Å². The van der Waals surface area contributed by atoms with Gasteiger partial charge in [0.2, 0.25) is 0 Å². The van der Waals surface area contributed by atoms with Crippen molar-refractivity contribution in [1.82, 2.24) is 5.32 Å². The van der Waals surface area contributed by atoms with Gasteiger partial charge in [0.1, 0.15) is 5.82 Å². The van der Waals surface area contributed by atoms with Gasteiger partial charge in [-0.2, -0.15) is 0 Å². The summed E-state index contributed by atoms with van der Waals surface area (Å²) in [5.74, 6) is -1.71. The van der Waals surface area contributed by atoms with Crippen molar-refractivity contribution >= 4 is 17.5 Å². The highest BCUT2D eigenvalue weighted by molar-refractivity contribution is 6.39. The van der Waals surface area contributed by atoms with E-state index in [1.807, 2.05) is 0 Å². The van der Waals surface area contributed by atoms with Crippen molar-refractivity contribution in [3.05, 3.63) is 30.1 Å². The summed E-state index contributed by atoms with van der Waals surface area (Å²) in [6, 6.07) is 5.80. The molecule has 4 nitrogen and oxygen atoms in total. The Hall–Kier alpha value is -1.91. The maximum atomic E-state index is 13.4. The Morgan fingerprint density at radius 3 is 2.55 bits per heavy atom. The number of halogens is 1. The van der Waals surface area contributed by atoms with Crippen LogP contribution in [0.5, 0.6) is 0 Å². The van der Waals surface area contributed by atoms with Crippen LogP contribution in [-0.2, 0) is 9.59 Å². The predicted octanol–water partition coefficient (Wildman–Crippen LogP) is 2.46. The number of rotatable bonds is 2. The molecule has 0 spiro atoms. The van der Waals surface area contributed by atoms with Gasteiger partial charge in [0.05, 0.1) is 5.69 Å². The highest BCUT2D eigenvalue weighted by Gasteiger charge is 2.25. The molecule has 0 aromatic heterocycles. The third-order valence-electron chi connectivity index (χ3n) is 3.76. The highest BCUT2D eigenvalue weighted by Crippen LogP contribution is 2.23. The van der Waals surface area contributed by atoms with Crippen LogP contribution in [-0.4, -0.2) is 17.9 Å². The monoisotopic (exact) mass is 278 g/mol. The van der Waals surface area contributed by atoms with Crippen molar-refractivity contribution in [2.24, 2.45) is 5.92 Å². The summed E-state index contributed by atoms with van der Waals surface area (Å²) >= 11 is 0. The molecule has 2 rings (SSSR count). The van der Waals surface area contributed by atoms with Crippen molar-refractivity contribution < 1.29 is 14.0 Å². The smallest absolute Gasteiger partial charge is 0.313 e. The molecule has 2 N–H and O–H groups in total. The number of para-hydroxylation sites is 1. The summed E-state index contributed by atoms with van der Waals surface area (Å²) in [6.45, 7) is 2.07. The van der Waals surface area contributed by atoms with Gasteiger partial charge in [-0.15, -0.1) is 0 Å². The van der Waals surface area contributed by atoms with E-state index in [1.54, 1.807) is 6.07 Å². The van der Waals surface area contributed by atoms with E-state index < -0.39 is 17.6 Å². The lowest BCUT2D eigenvalue weighted by Gasteiger charge is -2.29. The van der Waals surface area contributed by atoms with Crippen LogP contribution >= 0.6 is 0 Å². The van der Waals surface area contributed by atoms with Gasteiger partial charge in [-0.25, -0.2) is 4.39 Å². The zero-order chi connectivity index (χ0) is 14.5. The molecule has 2 amide bonds. The first-order valence-corrected chi connectivity index (χ1v) is 6.94. The third-order valence-corrected chi connectivity index (χ3v) is 3.76. The minimum atomic E-state index is -0.826. The quantitative estimate of drug-likeness (QED) is 0.816. The van der Waals surface area contributed by atoms with Crippen LogP contribution in [0, 0.1) is 11.7 Å². The van der Waals surface area contributed by atoms with E-state index in [0.717, 1.165) is 25.7 Å². The Bertz CT molecular complexity index is 504. The molecule has 1 saturated carbocycles. The Kier molecular flexibility index (Phi) is 4.71. The van der Waals surface area contributed by atoms with Gasteiger partial charge in [0.25, 0.3) is 0 Å². The van der Waals surface area contributed by atoms with Crippen LogP contribution in [0.15, 0.2) is 24.3 Å². The minimum Gasteiger partial charge on any atom is -0.345 e. The molecule has 1 aliphatic rings. The molecule has 1 fully saturated rings. The van der Waals surface area contributed by atoms with Crippen LogP contribution in [0.1, 0.15) is 32.6 Å². The first-order chi connectivity index (χ1) is 9.58. The lowest BCUT2D eigenvalue weighted by Crippen LogP contribution is -2.45. The van der Waals surface area contributed by atoms with Crippen LogP contribution in [0.4, 0.5) is 10.1 Å². The molecule has 0 bridgehead atoms. The highest BCUT2D eigenvalue weighted by atomic mass is 19.1. The number of hydrogen-bond donors (Lipinski definition) is 2. The Morgan fingerprint density at radius 2 is 1.85 bits per heavy atom. The molecule has 108 valence electrons. The fourth-order valence-electron chi connectivity index (χ4n) is 2.51. The van der Waals surface area contributed by atoms with Gasteiger partial charge in [-0.3, -0.25) is 9.59 Å². The maximum absolute atomic E-state index is 13.4. The fourth-order valence-corrected chi connectivity index (χ4v) is 2.51. The largest absolute Gasteiger partial charge is 0.345 e. The molecule has 0 aliphatic heterocycles. The van der Waals surface area contributed by atoms with E-state index in [1.165, 1.54) is 18.2 Å². The molecular formula is C15H19FN2O2. The van der Waals surface area contributed by atoms with E-state index in [4.69, 9.17) is 0 Å². The van der Waals surface area contributed by atoms with Gasteiger partial charge in [0, 0.05) is 6.04 Å². The Balaban J connectivity index is 1.92. The van der Waals surface area contributed by atoms with E-state index in [2.05, 4.69) is 17.6 Å². The number of carbonyl (C=O) groups is 2. The molecule has 20 heavy (non-hydrogen) atoms. The topological polar surface area (TPSA) is 58.2 Å². The number of hydrogen-bond acceptors (Lipinski definition) is 2. The van der Waals surface area contributed by atoms with E-state index >= 15 is 0 Å². The molecule has 0 unspecified atom stereocenters. The lowest BCUT2D eigenvalue weighted by atomic mass is 9.86. The van der Waals surface area contributed by atoms with Crippen LogP contribution in [0.25, 0.3) is 0 Å². The Labute approximate surface area is 117 Å². The zero-order valence-corrected chi connectivity index (χ0v) is 11.5. The third kappa shape index (κ3) is 3.56. The number of amides is 2. The minimum absolute atomic E-state index is 0.0179. The predicted molar refractivity (Wildman–Crippen MR) is 74.6 cm³/mol. The molecular weight excluding hydrogens is 259 g/mol. The summed E-state index contributed by atoms with van der Waals surface area (Å²) in [6.07, 6.45) is 4.17. The first-order valence-electron chi connectivity index (χ1n) is 6.94. The van der Waals surface area contributed by atoms with Crippen LogP contribution in [0.2, 0.25) is 0 Å². The maximum Gasteiger partial charge on any atom is 0.313 e. The molecule has 1 aliphatic carbocycles. The summed E-state index contributed by atoms with van der Waals surface area (Å²) in [4.78, 5) is 23.6. The second-order valence-corrected chi connectivity index (χ2v) is 5.28. The second kappa shape index (κ2) is 6.50. The number of benzene rings is 1. The zero-order valence-electron chi connectivity index (χ0n) is 11.5. The summed E-state index contributed by atoms with van der Waals surface area (Å²) < 4.78 is 13.4. The SMILES string of the molecule is C[C@H]1CCCC[C@H]1NC(=O)C(=O)Nc1ccccc1F. The first kappa shape index (κ1) is 14.5. The van der Waals surface area contributed by atoms with Crippen molar-refractivity contribution in [3.63, 3.8) is 0 Å². The molecule has 2 atom stereocenters. The van der Waals surface area contributed by atoms with E-state index in [-0.39, 0.29) is 11.7 Å². The second-order valence-electron chi connectivity index (χ2n) is 5.28. The van der Waals surface area contributed by atoms with Crippen molar-refractivity contribution in [3.8, 4) is 0 Å². The van der Waals surface area contributed by atoms with E-state index in [9.17, 15) is 14.0 Å². The summed E-state index contributed by atoms with van der Waals surface area (Å²) in [7, 11) is 0. The number of carbonyl (C=O) groups excluding carboxylic acids is 2. The summed E-state index contributed by atoms with van der Waals surface area (Å²) in [5, 5.41) is 5.02. The van der Waals surface area contributed by atoms with Crippen molar-refractivity contribution in [2.75, 3.05) is 5.32 Å². The summed E-state index contributed by atoms with van der Waals surface area (Å²) in [5.41, 5.74) is 0.0179. The van der Waals surface area contributed by atoms with Gasteiger partial charge >= 0.3 is 11.8 Å². The van der Waals surface area contributed by atoms with Gasteiger partial charge in [-0.1, -0.05) is 31.9 Å². The molecule has 0 saturated heterocycles. The Morgan fingerprint density at radius 1 is 1.15 bits per heavy atom. The average Bonchev–Trinajstić information content (AvgIpc) is 2.43. The van der Waals surface area contributed by atoms with Gasteiger partial charge < -0.3 is 10.6 Å². The molecule has 0 heterocycles. The standard InChI is InChI=1S/C15H19FN2O2/c1-10-6-2-4-8-12(10)17-14(19)15(20)18-13-9-5-3-7-11(13)16/h3,5,7,9-10,12H,2,4,6,8H2,1H3,(H,17,19)(H,18,20)/t10-,12+/m0/s1. The normalized spacial score (nSPS) is 22.1. The fraction of sp³-hybridized carbons (Fsp3) is 0.467. The van der Waals surface area contributed by atoms with Crippen molar-refractivity contribution in [1.29, 1.82) is 0 Å². The van der Waals surface area contributed by atoms with Gasteiger partial charge in [-0.05, 0) is 30.9 Å². The molecule has 1 aromatic carbocycles. The number of anilines is 1. The average molecular weight is 278 g/mol. The molecule has 0 radical (unpaired) electrons. The number of nitrogens with one attached hydrogen (secondary N) is 2. The molecule has 1 aromatic rings.